The largest absolute Gasteiger partial charge is 0.459 e. The van der Waals surface area contributed by atoms with Gasteiger partial charge in [0, 0.05) is 32.2 Å². The molecule has 0 unspecified atom stereocenters. The summed E-state index contributed by atoms with van der Waals surface area (Å²) in [4.78, 5) is 29.4. The number of aromatic nitrogens is 1. The molecule has 1 fully saturated rings. The molecule has 0 saturated carbocycles. The van der Waals surface area contributed by atoms with Crippen LogP contribution in [-0.4, -0.2) is 52.9 Å². The highest BCUT2D eigenvalue weighted by atomic mass is 16.5. The first-order valence-electron chi connectivity index (χ1n) is 9.48. The molecule has 1 aromatic carbocycles. The highest BCUT2D eigenvalue weighted by Crippen LogP contribution is 2.25. The van der Waals surface area contributed by atoms with E-state index in [9.17, 15) is 9.59 Å². The van der Waals surface area contributed by atoms with Gasteiger partial charge in [-0.25, -0.2) is 0 Å². The summed E-state index contributed by atoms with van der Waals surface area (Å²) >= 11 is 0. The van der Waals surface area contributed by atoms with Crippen molar-refractivity contribution in [2.75, 3.05) is 31.5 Å². The van der Waals surface area contributed by atoms with Crippen LogP contribution >= 0.6 is 0 Å². The van der Waals surface area contributed by atoms with Gasteiger partial charge in [0.25, 0.3) is 5.91 Å². The van der Waals surface area contributed by atoms with E-state index in [4.69, 9.17) is 8.94 Å². The van der Waals surface area contributed by atoms with Crippen molar-refractivity contribution in [1.82, 2.24) is 15.0 Å². The van der Waals surface area contributed by atoms with Gasteiger partial charge in [0.2, 0.25) is 5.91 Å². The predicted octanol–water partition coefficient (Wildman–Crippen LogP) is 2.71. The molecule has 2 amide bonds. The molecular weight excluding hydrogens is 372 g/mol. The van der Waals surface area contributed by atoms with Crippen LogP contribution in [0, 0.1) is 6.92 Å². The molecule has 1 aliphatic heterocycles. The average Bonchev–Trinajstić information content (AvgIpc) is 3.41. The normalized spacial score (nSPS) is 15.8. The number of benzene rings is 1. The number of rotatable bonds is 5. The van der Waals surface area contributed by atoms with Crippen LogP contribution in [-0.2, 0) is 4.79 Å². The zero-order valence-electron chi connectivity index (χ0n) is 16.1. The molecule has 1 saturated heterocycles. The van der Waals surface area contributed by atoms with Crippen molar-refractivity contribution in [1.29, 1.82) is 0 Å². The summed E-state index contributed by atoms with van der Waals surface area (Å²) in [5.41, 5.74) is 0.885. The van der Waals surface area contributed by atoms with Crippen LogP contribution in [0.5, 0.6) is 0 Å². The van der Waals surface area contributed by atoms with Crippen molar-refractivity contribution in [3.05, 3.63) is 71.9 Å². The molecule has 0 radical (unpaired) electrons. The number of hydrogen-bond donors (Lipinski definition) is 1. The topological polar surface area (TPSA) is 91.8 Å². The number of nitrogens with one attached hydrogen (secondary N) is 1. The van der Waals surface area contributed by atoms with Crippen molar-refractivity contribution in [2.24, 2.45) is 0 Å². The lowest BCUT2D eigenvalue weighted by Gasteiger charge is -2.38. The van der Waals surface area contributed by atoms with Crippen LogP contribution in [0.3, 0.4) is 0 Å². The molecule has 8 nitrogen and oxygen atoms in total. The molecule has 4 rings (SSSR count). The number of amides is 2. The van der Waals surface area contributed by atoms with Gasteiger partial charge in [-0.1, -0.05) is 35.5 Å². The Hall–Kier alpha value is -3.39. The molecule has 0 bridgehead atoms. The van der Waals surface area contributed by atoms with Gasteiger partial charge < -0.3 is 19.2 Å². The summed E-state index contributed by atoms with van der Waals surface area (Å²) in [5.74, 6) is 1.03. The van der Waals surface area contributed by atoms with Crippen molar-refractivity contribution < 1.29 is 18.5 Å². The van der Waals surface area contributed by atoms with Gasteiger partial charge in [-0.3, -0.25) is 14.5 Å². The van der Waals surface area contributed by atoms with E-state index in [0.717, 1.165) is 5.56 Å². The highest BCUT2D eigenvalue weighted by Gasteiger charge is 2.32. The third kappa shape index (κ3) is 4.22. The molecule has 2 aromatic heterocycles. The first-order valence-corrected chi connectivity index (χ1v) is 9.48. The maximum atomic E-state index is 13.1. The minimum atomic E-state index is -0.492. The second-order valence-corrected chi connectivity index (χ2v) is 6.93. The van der Waals surface area contributed by atoms with Gasteiger partial charge in [-0.05, 0) is 24.6 Å². The van der Waals surface area contributed by atoms with Gasteiger partial charge in [-0.2, -0.15) is 0 Å². The van der Waals surface area contributed by atoms with E-state index in [1.807, 2.05) is 30.3 Å². The van der Waals surface area contributed by atoms with Crippen LogP contribution in [0.4, 0.5) is 5.82 Å². The molecule has 3 aromatic rings. The standard InChI is InChI=1S/C21H22N4O4/c1-15-14-18(23-29-15)22-20(26)19(16-6-3-2-4-7-16)24-9-11-25(12-10-24)21(27)17-8-5-13-28-17/h2-8,13-14,19H,9-12H2,1H3,(H,22,23,26)/t19-/m1/s1. The van der Waals surface area contributed by atoms with Gasteiger partial charge in [0.1, 0.15) is 11.8 Å². The first kappa shape index (κ1) is 18.9. The van der Waals surface area contributed by atoms with Crippen LogP contribution < -0.4 is 5.32 Å². The lowest BCUT2D eigenvalue weighted by Crippen LogP contribution is -2.51. The molecule has 3 heterocycles. The third-order valence-electron chi connectivity index (χ3n) is 4.94. The Morgan fingerprint density at radius 3 is 2.45 bits per heavy atom. The van der Waals surface area contributed by atoms with E-state index in [1.165, 1.54) is 6.26 Å². The number of carbonyl (C=O) groups excluding carboxylic acids is 2. The van der Waals surface area contributed by atoms with Crippen molar-refractivity contribution >= 4 is 17.6 Å². The van der Waals surface area contributed by atoms with E-state index in [0.29, 0.717) is 43.5 Å². The average molecular weight is 394 g/mol. The number of nitrogens with zero attached hydrogens (tertiary/aromatic N) is 3. The summed E-state index contributed by atoms with van der Waals surface area (Å²) < 4.78 is 10.3. The van der Waals surface area contributed by atoms with Gasteiger partial charge >= 0.3 is 0 Å². The van der Waals surface area contributed by atoms with Crippen molar-refractivity contribution in [3.63, 3.8) is 0 Å². The smallest absolute Gasteiger partial charge is 0.289 e. The minimum absolute atomic E-state index is 0.131. The third-order valence-corrected chi connectivity index (χ3v) is 4.94. The van der Waals surface area contributed by atoms with Crippen LogP contribution in [0.25, 0.3) is 0 Å². The minimum Gasteiger partial charge on any atom is -0.459 e. The second-order valence-electron chi connectivity index (χ2n) is 6.93. The SMILES string of the molecule is Cc1cc(NC(=O)[C@@H](c2ccccc2)N2CCN(C(=O)c3ccco3)CC2)no1. The van der Waals surface area contributed by atoms with E-state index in [1.54, 1.807) is 30.0 Å². The number of hydrogen-bond acceptors (Lipinski definition) is 6. The van der Waals surface area contributed by atoms with E-state index in [-0.39, 0.29) is 11.8 Å². The Kier molecular flexibility index (Phi) is 5.44. The molecule has 29 heavy (non-hydrogen) atoms. The van der Waals surface area contributed by atoms with Gasteiger partial charge in [-0.15, -0.1) is 0 Å². The monoisotopic (exact) mass is 394 g/mol. The predicted molar refractivity (Wildman–Crippen MR) is 105 cm³/mol. The number of piperazine rings is 1. The lowest BCUT2D eigenvalue weighted by atomic mass is 10.0. The quantitative estimate of drug-likeness (QED) is 0.715. The molecule has 8 heteroatoms. The zero-order valence-corrected chi connectivity index (χ0v) is 16.1. The van der Waals surface area contributed by atoms with Crippen molar-refractivity contribution in [2.45, 2.75) is 13.0 Å². The van der Waals surface area contributed by atoms with Crippen LogP contribution in [0.1, 0.15) is 27.9 Å². The van der Waals surface area contributed by atoms with E-state index < -0.39 is 6.04 Å². The molecular formula is C21H22N4O4. The molecule has 1 atom stereocenters. The number of carbonyl (C=O) groups is 2. The molecule has 1 aliphatic rings. The fraction of sp³-hybridized carbons (Fsp3) is 0.286. The summed E-state index contributed by atoms with van der Waals surface area (Å²) in [6, 6.07) is 14.1. The first-order chi connectivity index (χ1) is 14.1. The Morgan fingerprint density at radius 1 is 1.07 bits per heavy atom. The van der Waals surface area contributed by atoms with Crippen LogP contribution in [0.2, 0.25) is 0 Å². The summed E-state index contributed by atoms with van der Waals surface area (Å²) in [6.07, 6.45) is 1.49. The second kappa shape index (κ2) is 8.32. The van der Waals surface area contributed by atoms with Crippen molar-refractivity contribution in [3.8, 4) is 0 Å². The van der Waals surface area contributed by atoms with E-state index in [2.05, 4.69) is 15.4 Å². The molecule has 0 aliphatic carbocycles. The summed E-state index contributed by atoms with van der Waals surface area (Å²) in [6.45, 7) is 3.93. The zero-order chi connectivity index (χ0) is 20.2. The Labute approximate surface area is 168 Å². The maximum absolute atomic E-state index is 13.1. The Balaban J connectivity index is 1.48. The number of furan rings is 1. The maximum Gasteiger partial charge on any atom is 0.289 e. The Morgan fingerprint density at radius 2 is 1.83 bits per heavy atom. The molecule has 1 N–H and O–H groups in total. The van der Waals surface area contributed by atoms with E-state index >= 15 is 0 Å². The number of anilines is 1. The van der Waals surface area contributed by atoms with Crippen LogP contribution in [0.15, 0.2) is 63.7 Å². The summed E-state index contributed by atoms with van der Waals surface area (Å²) in [5, 5.41) is 6.69. The number of aryl methyl sites for hydroxylation is 1. The van der Waals surface area contributed by atoms with Gasteiger partial charge in [0.15, 0.2) is 11.6 Å². The lowest BCUT2D eigenvalue weighted by molar-refractivity contribution is -0.122. The fourth-order valence-corrected chi connectivity index (χ4v) is 3.52. The highest BCUT2D eigenvalue weighted by molar-refractivity contribution is 5.95. The fourth-order valence-electron chi connectivity index (χ4n) is 3.52. The van der Waals surface area contributed by atoms with Gasteiger partial charge in [0.05, 0.1) is 6.26 Å². The molecule has 0 spiro atoms. The Bertz CT molecular complexity index is 960. The summed E-state index contributed by atoms with van der Waals surface area (Å²) in [7, 11) is 0. The molecule has 150 valence electrons.